The molecule has 5 rings (SSSR count). The first kappa shape index (κ1) is 17.9. The van der Waals surface area contributed by atoms with Crippen molar-refractivity contribution in [2.45, 2.75) is 13.3 Å². The number of nitriles is 1. The molecule has 1 aliphatic carbocycles. The molecule has 1 amide bonds. The summed E-state index contributed by atoms with van der Waals surface area (Å²) < 4.78 is 5.61. The molecular formula is C22H18N6O2. The van der Waals surface area contributed by atoms with Crippen molar-refractivity contribution in [3.8, 4) is 23.1 Å². The van der Waals surface area contributed by atoms with Crippen LogP contribution in [-0.2, 0) is 4.79 Å². The number of anilines is 3. The largest absolute Gasteiger partial charge is 0.439 e. The number of hydrogen-bond acceptors (Lipinski definition) is 7. The lowest BCUT2D eigenvalue weighted by molar-refractivity contribution is -0.117. The average Bonchev–Trinajstić information content (AvgIpc) is 3.41. The minimum Gasteiger partial charge on any atom is -0.439 e. The van der Waals surface area contributed by atoms with Crippen LogP contribution in [0.5, 0.6) is 5.75 Å². The number of aryl methyl sites for hydroxylation is 1. The third kappa shape index (κ3) is 2.97. The number of carbonyl (C=O) groups excluding carboxylic acids is 1. The summed E-state index contributed by atoms with van der Waals surface area (Å²) in [5.74, 6) is 1.28. The van der Waals surface area contributed by atoms with Crippen LogP contribution < -0.4 is 21.1 Å². The third-order valence-corrected chi connectivity index (χ3v) is 5.40. The number of nitrogens with one attached hydrogen (secondary N) is 2. The van der Waals surface area contributed by atoms with Crippen LogP contribution in [0.4, 0.5) is 17.3 Å². The van der Waals surface area contributed by atoms with E-state index >= 15 is 0 Å². The number of rotatable bonds is 3. The molecule has 0 spiro atoms. The molecule has 0 radical (unpaired) electrons. The molecule has 148 valence electrons. The Morgan fingerprint density at radius 3 is 3.00 bits per heavy atom. The molecule has 1 aliphatic heterocycles. The van der Waals surface area contributed by atoms with E-state index in [1.54, 1.807) is 12.3 Å². The first-order chi connectivity index (χ1) is 14.4. The lowest BCUT2D eigenvalue weighted by atomic mass is 10.0. The zero-order chi connectivity index (χ0) is 21.0. The van der Waals surface area contributed by atoms with Gasteiger partial charge in [-0.2, -0.15) is 5.26 Å². The summed E-state index contributed by atoms with van der Waals surface area (Å²) in [5.41, 5.74) is 9.63. The van der Waals surface area contributed by atoms with E-state index in [0.29, 0.717) is 40.8 Å². The molecule has 3 aromatic rings. The number of nitrogen functional groups attached to an aromatic ring is 1. The summed E-state index contributed by atoms with van der Waals surface area (Å²) in [7, 11) is 0. The third-order valence-electron chi connectivity index (χ3n) is 5.40. The highest BCUT2D eigenvalue weighted by Gasteiger charge is 2.43. The van der Waals surface area contributed by atoms with Crippen LogP contribution >= 0.6 is 0 Å². The molecule has 0 unspecified atom stereocenters. The van der Waals surface area contributed by atoms with Gasteiger partial charge in [-0.05, 0) is 55.1 Å². The van der Waals surface area contributed by atoms with Gasteiger partial charge in [0.2, 0.25) is 5.91 Å². The fourth-order valence-electron chi connectivity index (χ4n) is 3.68. The van der Waals surface area contributed by atoms with Gasteiger partial charge in [-0.1, -0.05) is 0 Å². The van der Waals surface area contributed by atoms with Gasteiger partial charge in [-0.3, -0.25) is 4.79 Å². The van der Waals surface area contributed by atoms with Crippen LogP contribution in [0, 0.1) is 30.1 Å². The Morgan fingerprint density at radius 2 is 2.23 bits per heavy atom. The van der Waals surface area contributed by atoms with Crippen molar-refractivity contribution in [2.75, 3.05) is 16.4 Å². The molecule has 1 fully saturated rings. The molecule has 8 heteroatoms. The minimum atomic E-state index is -0.261. The molecule has 2 aliphatic rings. The quantitative estimate of drug-likeness (QED) is 0.616. The summed E-state index contributed by atoms with van der Waals surface area (Å²) in [5, 5.41) is 16.3. The molecule has 30 heavy (non-hydrogen) atoms. The van der Waals surface area contributed by atoms with Crippen LogP contribution in [0.2, 0.25) is 0 Å². The van der Waals surface area contributed by atoms with Crippen molar-refractivity contribution >= 4 is 34.0 Å². The average molecular weight is 398 g/mol. The van der Waals surface area contributed by atoms with E-state index in [9.17, 15) is 4.79 Å². The molecule has 0 bridgehead atoms. The Balaban J connectivity index is 1.52. The summed E-state index contributed by atoms with van der Waals surface area (Å²) in [6.45, 7) is 5.77. The molecule has 0 saturated heterocycles. The van der Waals surface area contributed by atoms with E-state index < -0.39 is 0 Å². The maximum absolute atomic E-state index is 12.2. The van der Waals surface area contributed by atoms with Crippen molar-refractivity contribution in [2.24, 2.45) is 11.8 Å². The van der Waals surface area contributed by atoms with Gasteiger partial charge in [-0.15, -0.1) is 0 Å². The minimum absolute atomic E-state index is 0.185. The van der Waals surface area contributed by atoms with E-state index in [2.05, 4.69) is 33.2 Å². The lowest BCUT2D eigenvalue weighted by Crippen LogP contribution is -2.15. The zero-order valence-corrected chi connectivity index (χ0v) is 16.2. The number of nitrogens with two attached hydrogens (primary N) is 1. The van der Waals surface area contributed by atoms with Crippen LogP contribution in [0.1, 0.15) is 12.0 Å². The fraction of sp³-hybridized carbons (Fsp3) is 0.182. The first-order valence-electron chi connectivity index (χ1n) is 9.48. The smallest absolute Gasteiger partial charge is 0.230 e. The Hall–Kier alpha value is -4.12. The van der Waals surface area contributed by atoms with Crippen molar-refractivity contribution in [3.05, 3.63) is 48.5 Å². The second kappa shape index (κ2) is 6.46. The Morgan fingerprint density at radius 1 is 1.40 bits per heavy atom. The first-order valence-corrected chi connectivity index (χ1v) is 9.48. The normalized spacial score (nSPS) is 18.9. The lowest BCUT2D eigenvalue weighted by Gasteiger charge is -2.11. The second-order valence-electron chi connectivity index (χ2n) is 7.56. The molecular weight excluding hydrogens is 380 g/mol. The monoisotopic (exact) mass is 398 g/mol. The van der Waals surface area contributed by atoms with Crippen LogP contribution in [0.15, 0.2) is 42.9 Å². The number of amides is 1. The van der Waals surface area contributed by atoms with Gasteiger partial charge >= 0.3 is 0 Å². The number of nitrogens with zero attached hydrogens (tertiary/aromatic N) is 3. The highest BCUT2D eigenvalue weighted by molar-refractivity contribution is 5.98. The number of carbonyl (C=O) groups is 1. The number of fused-ring (bicyclic) bond motifs is 2. The van der Waals surface area contributed by atoms with Crippen molar-refractivity contribution in [1.82, 2.24) is 9.97 Å². The van der Waals surface area contributed by atoms with E-state index in [4.69, 9.17) is 15.7 Å². The van der Waals surface area contributed by atoms with Gasteiger partial charge < -0.3 is 21.1 Å². The standard InChI is InChI=1S/C22H18N6O2/c1-10-3-18-19(30-11(2)26-18)7-14(10)17-5-12-6-20(25-9-16(12)21(24)27-17)28-22(29)15-4-13(15)8-23/h3,5-7,9,13,15,26H,2,4H2,1H3,(H2,24,27)(H,25,28,29)/t13-,15+/m0/s1. The number of pyridine rings is 2. The van der Waals surface area contributed by atoms with E-state index in [0.717, 1.165) is 22.2 Å². The number of benzene rings is 1. The fourth-order valence-corrected chi connectivity index (χ4v) is 3.68. The number of ether oxygens (including phenoxy) is 1. The van der Waals surface area contributed by atoms with Gasteiger partial charge in [0.15, 0.2) is 11.6 Å². The zero-order valence-electron chi connectivity index (χ0n) is 16.2. The predicted octanol–water partition coefficient (Wildman–Crippen LogP) is 3.56. The molecule has 1 saturated carbocycles. The van der Waals surface area contributed by atoms with Gasteiger partial charge in [0, 0.05) is 17.1 Å². The Bertz CT molecular complexity index is 1290. The van der Waals surface area contributed by atoms with Crippen molar-refractivity contribution < 1.29 is 9.53 Å². The van der Waals surface area contributed by atoms with Crippen molar-refractivity contribution in [1.29, 1.82) is 5.26 Å². The topological polar surface area (TPSA) is 126 Å². The maximum atomic E-state index is 12.2. The summed E-state index contributed by atoms with van der Waals surface area (Å²) in [4.78, 5) is 21.1. The van der Waals surface area contributed by atoms with E-state index in [1.807, 2.05) is 25.1 Å². The molecule has 2 atom stereocenters. The van der Waals surface area contributed by atoms with Gasteiger partial charge in [0.25, 0.3) is 0 Å². The summed E-state index contributed by atoms with van der Waals surface area (Å²) in [6.07, 6.45) is 2.19. The molecule has 2 aromatic heterocycles. The Kier molecular flexibility index (Phi) is 3.86. The highest BCUT2D eigenvalue weighted by atomic mass is 16.5. The van der Waals surface area contributed by atoms with Crippen molar-refractivity contribution in [3.63, 3.8) is 0 Å². The molecule has 3 heterocycles. The van der Waals surface area contributed by atoms with E-state index in [1.165, 1.54) is 0 Å². The van der Waals surface area contributed by atoms with E-state index in [-0.39, 0.29) is 17.7 Å². The van der Waals surface area contributed by atoms with Gasteiger partial charge in [-0.25, -0.2) is 9.97 Å². The predicted molar refractivity (Wildman–Crippen MR) is 113 cm³/mol. The molecule has 4 N–H and O–H groups in total. The van der Waals surface area contributed by atoms with Crippen LogP contribution in [0.3, 0.4) is 0 Å². The second-order valence-corrected chi connectivity index (χ2v) is 7.56. The molecule has 8 nitrogen and oxygen atoms in total. The summed E-state index contributed by atoms with van der Waals surface area (Å²) in [6, 6.07) is 9.67. The van der Waals surface area contributed by atoms with Gasteiger partial charge in [0.05, 0.1) is 29.3 Å². The van der Waals surface area contributed by atoms with Gasteiger partial charge in [0.1, 0.15) is 11.6 Å². The SMILES string of the molecule is C=C1Nc2cc(C)c(-c3cc4cc(NC(=O)[C@@H]5C[C@H]5C#N)ncc4c(N)n3)cc2O1. The molecule has 1 aromatic carbocycles. The summed E-state index contributed by atoms with van der Waals surface area (Å²) >= 11 is 0. The number of hydrogen-bond donors (Lipinski definition) is 3. The van der Waals surface area contributed by atoms with Crippen LogP contribution in [0.25, 0.3) is 22.0 Å². The van der Waals surface area contributed by atoms with Crippen LogP contribution in [-0.4, -0.2) is 15.9 Å². The number of aromatic nitrogens is 2. The maximum Gasteiger partial charge on any atom is 0.230 e. The Labute approximate surface area is 172 Å². The highest BCUT2D eigenvalue weighted by Crippen LogP contribution is 2.40.